The van der Waals surface area contributed by atoms with Crippen LogP contribution in [0, 0.1) is 0 Å². The third kappa shape index (κ3) is 9.63. The van der Waals surface area contributed by atoms with Gasteiger partial charge >= 0.3 is 0 Å². The third-order valence-corrected chi connectivity index (χ3v) is 3.38. The standard InChI is InChI=1S/C20H34N2O4/c1-15(2)25-11-7-10-21-13-16-8-9-17(18(12-16)24-6)26-14-19(23)22-20(3,4)5/h8-9,12,15,21H,7,10-11,13-14H2,1-6H3,(H,22,23). The average Bonchev–Trinajstić information content (AvgIpc) is 2.54. The fourth-order valence-electron chi connectivity index (χ4n) is 2.29. The van der Waals surface area contributed by atoms with E-state index in [-0.39, 0.29) is 24.2 Å². The summed E-state index contributed by atoms with van der Waals surface area (Å²) in [5.41, 5.74) is 0.818. The van der Waals surface area contributed by atoms with Crippen LogP contribution in [0.2, 0.25) is 0 Å². The van der Waals surface area contributed by atoms with Gasteiger partial charge in [-0.3, -0.25) is 4.79 Å². The lowest BCUT2D eigenvalue weighted by atomic mass is 10.1. The summed E-state index contributed by atoms with van der Waals surface area (Å²) < 4.78 is 16.5. The van der Waals surface area contributed by atoms with E-state index >= 15 is 0 Å². The van der Waals surface area contributed by atoms with Crippen molar-refractivity contribution in [3.63, 3.8) is 0 Å². The van der Waals surface area contributed by atoms with Crippen molar-refractivity contribution in [1.82, 2.24) is 10.6 Å². The minimum atomic E-state index is -0.278. The summed E-state index contributed by atoms with van der Waals surface area (Å²) in [7, 11) is 1.60. The average molecular weight is 367 g/mol. The molecule has 2 N–H and O–H groups in total. The predicted molar refractivity (Wildman–Crippen MR) is 104 cm³/mol. The Morgan fingerprint density at radius 3 is 2.54 bits per heavy atom. The number of rotatable bonds is 11. The Morgan fingerprint density at radius 2 is 1.92 bits per heavy atom. The Hall–Kier alpha value is -1.79. The second-order valence-electron chi connectivity index (χ2n) is 7.52. The first-order valence-electron chi connectivity index (χ1n) is 9.14. The summed E-state index contributed by atoms with van der Waals surface area (Å²) in [6.07, 6.45) is 1.25. The fraction of sp³-hybridized carbons (Fsp3) is 0.650. The van der Waals surface area contributed by atoms with Crippen LogP contribution in [-0.2, 0) is 16.1 Å². The molecule has 1 rings (SSSR count). The van der Waals surface area contributed by atoms with Gasteiger partial charge in [0.15, 0.2) is 18.1 Å². The van der Waals surface area contributed by atoms with Gasteiger partial charge in [0.1, 0.15) is 0 Å². The summed E-state index contributed by atoms with van der Waals surface area (Å²) in [5.74, 6) is 1.02. The van der Waals surface area contributed by atoms with Gasteiger partial charge in [-0.25, -0.2) is 0 Å². The molecule has 6 nitrogen and oxygen atoms in total. The number of benzene rings is 1. The van der Waals surface area contributed by atoms with Crippen molar-refractivity contribution < 1.29 is 19.0 Å². The summed E-state index contributed by atoms with van der Waals surface area (Å²) in [5, 5.41) is 6.25. The Balaban J connectivity index is 2.45. The van der Waals surface area contributed by atoms with E-state index in [0.717, 1.165) is 31.7 Å². The minimum absolute atomic E-state index is 0.0406. The molecule has 0 aliphatic rings. The molecule has 1 aromatic carbocycles. The van der Waals surface area contributed by atoms with Gasteiger partial charge in [-0.2, -0.15) is 0 Å². The van der Waals surface area contributed by atoms with Gasteiger partial charge in [-0.15, -0.1) is 0 Å². The number of nitrogens with one attached hydrogen (secondary N) is 2. The molecular formula is C20H34N2O4. The van der Waals surface area contributed by atoms with Gasteiger partial charge in [0.2, 0.25) is 0 Å². The van der Waals surface area contributed by atoms with Gasteiger partial charge in [0.05, 0.1) is 13.2 Å². The quantitative estimate of drug-likeness (QED) is 0.590. The van der Waals surface area contributed by atoms with Crippen molar-refractivity contribution in [2.75, 3.05) is 26.9 Å². The monoisotopic (exact) mass is 366 g/mol. The van der Waals surface area contributed by atoms with E-state index in [0.29, 0.717) is 11.5 Å². The van der Waals surface area contributed by atoms with E-state index in [1.807, 2.05) is 52.8 Å². The Labute approximate surface area is 157 Å². The Morgan fingerprint density at radius 1 is 1.19 bits per heavy atom. The zero-order chi connectivity index (χ0) is 19.6. The number of amides is 1. The number of methoxy groups -OCH3 is 1. The van der Waals surface area contributed by atoms with Gasteiger partial charge in [-0.05, 0) is 65.3 Å². The molecule has 0 saturated carbocycles. The Kier molecular flexibility index (Phi) is 9.44. The van der Waals surface area contributed by atoms with Crippen molar-refractivity contribution in [3.8, 4) is 11.5 Å². The molecule has 0 spiro atoms. The molecule has 26 heavy (non-hydrogen) atoms. The molecule has 0 unspecified atom stereocenters. The minimum Gasteiger partial charge on any atom is -0.493 e. The van der Waals surface area contributed by atoms with Crippen molar-refractivity contribution in [2.45, 2.75) is 59.2 Å². The topological polar surface area (TPSA) is 68.8 Å². The van der Waals surface area contributed by atoms with Crippen LogP contribution >= 0.6 is 0 Å². The van der Waals surface area contributed by atoms with Crippen LogP contribution in [0.3, 0.4) is 0 Å². The highest BCUT2D eigenvalue weighted by atomic mass is 16.5. The first kappa shape index (κ1) is 22.3. The highest BCUT2D eigenvalue weighted by Gasteiger charge is 2.15. The molecule has 1 aromatic rings. The summed E-state index contributed by atoms with van der Waals surface area (Å²) in [6.45, 7) is 12.2. The normalized spacial score (nSPS) is 11.5. The number of ether oxygens (including phenoxy) is 3. The molecule has 0 saturated heterocycles. The van der Waals surface area contributed by atoms with Crippen LogP contribution in [0.5, 0.6) is 11.5 Å². The van der Waals surface area contributed by atoms with Gasteiger partial charge in [-0.1, -0.05) is 6.07 Å². The molecule has 0 aromatic heterocycles. The molecule has 1 amide bonds. The van der Waals surface area contributed by atoms with Crippen LogP contribution in [0.4, 0.5) is 0 Å². The SMILES string of the molecule is COc1cc(CNCCCOC(C)C)ccc1OCC(=O)NC(C)(C)C. The first-order chi connectivity index (χ1) is 12.2. The third-order valence-electron chi connectivity index (χ3n) is 3.38. The van der Waals surface area contributed by atoms with Crippen LogP contribution in [0.1, 0.15) is 46.6 Å². The maximum absolute atomic E-state index is 11.9. The number of hydrogen-bond donors (Lipinski definition) is 2. The fourth-order valence-corrected chi connectivity index (χ4v) is 2.29. The van der Waals surface area contributed by atoms with Crippen molar-refractivity contribution in [3.05, 3.63) is 23.8 Å². The van der Waals surface area contributed by atoms with Crippen molar-refractivity contribution in [2.24, 2.45) is 0 Å². The van der Waals surface area contributed by atoms with E-state index in [2.05, 4.69) is 10.6 Å². The lowest BCUT2D eigenvalue weighted by Gasteiger charge is -2.20. The Bertz CT molecular complexity index is 553. The highest BCUT2D eigenvalue weighted by Crippen LogP contribution is 2.28. The van der Waals surface area contributed by atoms with Crippen LogP contribution in [-0.4, -0.2) is 44.4 Å². The second kappa shape index (κ2) is 11.0. The molecule has 0 heterocycles. The molecule has 148 valence electrons. The number of carbonyl (C=O) groups is 1. The first-order valence-corrected chi connectivity index (χ1v) is 9.14. The predicted octanol–water partition coefficient (Wildman–Crippen LogP) is 2.89. The van der Waals surface area contributed by atoms with Crippen molar-refractivity contribution in [1.29, 1.82) is 0 Å². The van der Waals surface area contributed by atoms with Crippen LogP contribution in [0.25, 0.3) is 0 Å². The smallest absolute Gasteiger partial charge is 0.258 e. The zero-order valence-electron chi connectivity index (χ0n) is 17.0. The highest BCUT2D eigenvalue weighted by molar-refractivity contribution is 5.78. The summed E-state index contributed by atoms with van der Waals surface area (Å²) in [6, 6.07) is 5.73. The second-order valence-corrected chi connectivity index (χ2v) is 7.52. The molecule has 0 aliphatic heterocycles. The molecule has 0 bridgehead atoms. The zero-order valence-corrected chi connectivity index (χ0v) is 17.0. The van der Waals surface area contributed by atoms with E-state index in [1.54, 1.807) is 7.11 Å². The van der Waals surface area contributed by atoms with Gasteiger partial charge in [0, 0.05) is 18.7 Å². The van der Waals surface area contributed by atoms with E-state index in [4.69, 9.17) is 14.2 Å². The molecule has 6 heteroatoms. The van der Waals surface area contributed by atoms with Gasteiger partial charge in [0.25, 0.3) is 5.91 Å². The van der Waals surface area contributed by atoms with Crippen molar-refractivity contribution >= 4 is 5.91 Å². The lowest BCUT2D eigenvalue weighted by Crippen LogP contribution is -2.43. The molecular weight excluding hydrogens is 332 g/mol. The molecule has 0 atom stereocenters. The van der Waals surface area contributed by atoms with E-state index < -0.39 is 0 Å². The summed E-state index contributed by atoms with van der Waals surface area (Å²) >= 11 is 0. The number of hydrogen-bond acceptors (Lipinski definition) is 5. The van der Waals surface area contributed by atoms with Crippen LogP contribution < -0.4 is 20.1 Å². The molecule has 0 aliphatic carbocycles. The van der Waals surface area contributed by atoms with Gasteiger partial charge < -0.3 is 24.8 Å². The summed E-state index contributed by atoms with van der Waals surface area (Å²) in [4.78, 5) is 11.9. The number of carbonyl (C=O) groups excluding carboxylic acids is 1. The molecule has 0 radical (unpaired) electrons. The lowest BCUT2D eigenvalue weighted by molar-refractivity contribution is -0.124. The largest absolute Gasteiger partial charge is 0.493 e. The van der Waals surface area contributed by atoms with Crippen LogP contribution in [0.15, 0.2) is 18.2 Å². The molecule has 0 fully saturated rings. The maximum atomic E-state index is 11.9. The maximum Gasteiger partial charge on any atom is 0.258 e. The van der Waals surface area contributed by atoms with E-state index in [9.17, 15) is 4.79 Å². The van der Waals surface area contributed by atoms with E-state index in [1.165, 1.54) is 0 Å².